The van der Waals surface area contributed by atoms with Crippen molar-refractivity contribution in [3.63, 3.8) is 0 Å². The number of hydrogen-bond acceptors (Lipinski definition) is 12. The van der Waals surface area contributed by atoms with Crippen LogP contribution in [-0.4, -0.2) is 70.9 Å². The topological polar surface area (TPSA) is 227 Å². The van der Waals surface area contributed by atoms with Crippen molar-refractivity contribution in [3.8, 4) is 11.3 Å². The van der Waals surface area contributed by atoms with Crippen LogP contribution in [0.2, 0.25) is 10.0 Å². The van der Waals surface area contributed by atoms with Crippen molar-refractivity contribution < 1.29 is 9.59 Å². The quantitative estimate of drug-likeness (QED) is 0.0684. The molecule has 336 valence electrons. The van der Waals surface area contributed by atoms with Gasteiger partial charge in [-0.25, -0.2) is 29.9 Å². The van der Waals surface area contributed by atoms with E-state index in [0.717, 1.165) is 85.5 Å². The zero-order valence-corrected chi connectivity index (χ0v) is 37.5. The fraction of sp³-hybridized carbons (Fsp3) is 0.265. The molecule has 3 aliphatic rings. The maximum atomic E-state index is 12.6. The molecular formula is C49H49Cl2N13O2. The van der Waals surface area contributed by atoms with Crippen LogP contribution in [0.1, 0.15) is 88.9 Å². The van der Waals surface area contributed by atoms with Crippen molar-refractivity contribution in [1.82, 2.24) is 45.5 Å². The number of benzene rings is 2. The van der Waals surface area contributed by atoms with Crippen molar-refractivity contribution in [2.75, 3.05) is 22.1 Å². The minimum atomic E-state index is -0.141. The van der Waals surface area contributed by atoms with E-state index in [1.165, 1.54) is 23.5 Å². The van der Waals surface area contributed by atoms with Crippen LogP contribution in [-0.2, 0) is 6.42 Å². The molecule has 2 aromatic carbocycles. The summed E-state index contributed by atoms with van der Waals surface area (Å²) in [5, 5.41) is 15.2. The van der Waals surface area contributed by atoms with Crippen molar-refractivity contribution in [2.45, 2.75) is 82.0 Å². The van der Waals surface area contributed by atoms with Gasteiger partial charge < -0.3 is 37.7 Å². The van der Waals surface area contributed by atoms with E-state index in [2.05, 4.69) is 64.4 Å². The third-order valence-corrected chi connectivity index (χ3v) is 12.8. The first-order valence-corrected chi connectivity index (χ1v) is 22.9. The van der Waals surface area contributed by atoms with Gasteiger partial charge in [-0.1, -0.05) is 71.7 Å². The first kappa shape index (κ1) is 44.1. The predicted molar refractivity (Wildman–Crippen MR) is 260 cm³/mol. The van der Waals surface area contributed by atoms with E-state index in [4.69, 9.17) is 44.6 Å². The molecule has 4 atom stereocenters. The highest BCUT2D eigenvalue weighted by Crippen LogP contribution is 2.36. The number of hydrogen-bond donors (Lipinski definition) is 7. The number of pyridine rings is 2. The highest BCUT2D eigenvalue weighted by molar-refractivity contribution is 6.33. The molecule has 9 N–H and O–H groups in total. The number of fused-ring (bicyclic) bond motifs is 2. The number of carbonyl (C=O) groups excluding carboxylic acids is 2. The number of H-pyrrole nitrogens is 1. The molecule has 0 unspecified atom stereocenters. The maximum Gasteiger partial charge on any atom is 0.253 e. The Morgan fingerprint density at radius 3 is 1.76 bits per heavy atom. The predicted octanol–water partition coefficient (Wildman–Crippen LogP) is 8.66. The second kappa shape index (κ2) is 20.0. The molecule has 17 heteroatoms. The molecule has 3 aliphatic carbocycles. The number of nitrogens with two attached hydrogens (primary N) is 2. The van der Waals surface area contributed by atoms with E-state index in [1.807, 2.05) is 42.6 Å². The fourth-order valence-electron chi connectivity index (χ4n) is 8.91. The summed E-state index contributed by atoms with van der Waals surface area (Å²) in [6, 6.07) is 23.4. The Bertz CT molecular complexity index is 2890. The number of nitrogen functional groups attached to an aromatic ring is 2. The number of para-hydroxylation sites is 1. The Morgan fingerprint density at radius 2 is 1.15 bits per heavy atom. The molecule has 5 heterocycles. The molecule has 10 rings (SSSR count). The lowest BCUT2D eigenvalue weighted by Crippen LogP contribution is -2.42. The Morgan fingerprint density at radius 1 is 0.606 bits per heavy atom. The van der Waals surface area contributed by atoms with Gasteiger partial charge in [-0.15, -0.1) is 0 Å². The SMILES string of the molecule is Nc1ccc(C(=O)N[C@H]2CCC[C@@H](Nc3ncc(Cl)c(-c4c[nH]c5ccccc45)n3)C2)cn1.Nc1ccc(C(=O)N[C@H]2CCC[C@@H](Nc3ncc(Cl)c(C4=CCc5ccccc54)n3)C2)cn1. The first-order valence-electron chi connectivity index (χ1n) is 22.1. The lowest BCUT2D eigenvalue weighted by molar-refractivity contribution is 0.0917. The number of nitrogens with one attached hydrogen (secondary N) is 5. The standard InChI is InChI=1S/C25H25ClN6O.C24H24ClN7O/c26-21-14-29-25(32-23(21)20-10-8-15-4-1-2-7-19(15)20)31-18-6-3-5-17(12-18)30-24(33)16-9-11-22(27)28-13-16;25-19-13-29-24(32-22(19)18-12-27-20-7-2-1-6-17(18)20)31-16-5-3-4-15(10-16)30-23(33)14-8-9-21(26)28-11-14/h1-2,4,7,9-11,13-14,17-18H,3,5-6,8,12H2,(H2,27,28)(H,30,33)(H,29,31,32);1-2,6-9,11-13,15-16,27H,3-5,10H2,(H2,26,28)(H,30,33)(H,29,31,32)/t17-,18+;15-,16+/m00/s1. The van der Waals surface area contributed by atoms with E-state index in [9.17, 15) is 9.59 Å². The van der Waals surface area contributed by atoms with Gasteiger partial charge in [0.15, 0.2) is 0 Å². The van der Waals surface area contributed by atoms with E-state index in [-0.39, 0.29) is 36.0 Å². The Labute approximate surface area is 391 Å². The van der Waals surface area contributed by atoms with Crippen LogP contribution in [0.15, 0.2) is 110 Å². The van der Waals surface area contributed by atoms with Crippen molar-refractivity contribution in [2.24, 2.45) is 0 Å². The molecule has 2 amide bonds. The molecule has 0 saturated heterocycles. The highest BCUT2D eigenvalue weighted by atomic mass is 35.5. The molecule has 66 heavy (non-hydrogen) atoms. The van der Waals surface area contributed by atoms with Gasteiger partial charge in [0.2, 0.25) is 11.9 Å². The summed E-state index contributed by atoms with van der Waals surface area (Å²) in [6.07, 6.45) is 18.6. The number of halogens is 2. The molecule has 0 aliphatic heterocycles. The number of allylic oxidation sites excluding steroid dienone is 1. The number of carbonyl (C=O) groups is 2. The summed E-state index contributed by atoms with van der Waals surface area (Å²) in [5.74, 6) is 1.59. The van der Waals surface area contributed by atoms with Gasteiger partial charge in [0.05, 0.1) is 45.0 Å². The van der Waals surface area contributed by atoms with Crippen molar-refractivity contribution in [3.05, 3.63) is 148 Å². The number of amides is 2. The van der Waals surface area contributed by atoms with Crippen LogP contribution in [0.3, 0.4) is 0 Å². The summed E-state index contributed by atoms with van der Waals surface area (Å²) in [6.45, 7) is 0. The highest BCUT2D eigenvalue weighted by Gasteiger charge is 2.27. The summed E-state index contributed by atoms with van der Waals surface area (Å²) >= 11 is 12.9. The number of aromatic amines is 1. The fourth-order valence-corrected chi connectivity index (χ4v) is 9.30. The van der Waals surface area contributed by atoms with Crippen LogP contribution in [0.25, 0.3) is 27.7 Å². The van der Waals surface area contributed by atoms with Gasteiger partial charge in [0.1, 0.15) is 11.6 Å². The van der Waals surface area contributed by atoms with Crippen LogP contribution < -0.4 is 32.7 Å². The smallest absolute Gasteiger partial charge is 0.253 e. The molecule has 0 spiro atoms. The zero-order chi connectivity index (χ0) is 45.6. The monoisotopic (exact) mass is 921 g/mol. The third-order valence-electron chi connectivity index (χ3n) is 12.2. The molecule has 15 nitrogen and oxygen atoms in total. The third kappa shape index (κ3) is 10.4. The van der Waals surface area contributed by atoms with Gasteiger partial charge in [-0.3, -0.25) is 9.59 Å². The lowest BCUT2D eigenvalue weighted by atomic mass is 9.91. The van der Waals surface area contributed by atoms with Crippen LogP contribution in [0.5, 0.6) is 0 Å². The maximum absolute atomic E-state index is 12.6. The second-order valence-electron chi connectivity index (χ2n) is 16.8. The van der Waals surface area contributed by atoms with Gasteiger partial charge in [-0.05, 0) is 99.2 Å². The van der Waals surface area contributed by atoms with Crippen molar-refractivity contribution >= 4 is 75.0 Å². The molecule has 2 saturated carbocycles. The Balaban J connectivity index is 0.000000166. The minimum absolute atomic E-state index is 0.0571. The van der Waals surface area contributed by atoms with Crippen molar-refractivity contribution in [1.29, 1.82) is 0 Å². The largest absolute Gasteiger partial charge is 0.384 e. The van der Waals surface area contributed by atoms with Gasteiger partial charge in [0, 0.05) is 64.8 Å². The molecule has 0 bridgehead atoms. The van der Waals surface area contributed by atoms with Crippen LogP contribution >= 0.6 is 23.2 Å². The van der Waals surface area contributed by atoms with Crippen LogP contribution in [0.4, 0.5) is 23.5 Å². The molecule has 5 aromatic heterocycles. The molecule has 2 fully saturated rings. The summed E-state index contributed by atoms with van der Waals surface area (Å²) < 4.78 is 0. The molecule has 7 aromatic rings. The lowest BCUT2D eigenvalue weighted by Gasteiger charge is -2.30. The van der Waals surface area contributed by atoms with E-state index < -0.39 is 0 Å². The average Bonchev–Trinajstić information content (AvgIpc) is 3.96. The van der Waals surface area contributed by atoms with Gasteiger partial charge >= 0.3 is 0 Å². The summed E-state index contributed by atoms with van der Waals surface area (Å²) in [5.41, 5.74) is 19.1. The number of nitrogens with zero attached hydrogens (tertiary/aromatic N) is 6. The number of anilines is 4. The first-order chi connectivity index (χ1) is 32.1. The van der Waals surface area contributed by atoms with E-state index in [1.54, 1.807) is 36.7 Å². The summed E-state index contributed by atoms with van der Waals surface area (Å²) in [7, 11) is 0. The number of aromatic nitrogens is 7. The average molecular weight is 923 g/mol. The van der Waals surface area contributed by atoms with Crippen LogP contribution in [0, 0.1) is 0 Å². The molecule has 0 radical (unpaired) electrons. The number of rotatable bonds is 10. The minimum Gasteiger partial charge on any atom is -0.384 e. The Hall–Kier alpha value is -7.10. The van der Waals surface area contributed by atoms with Gasteiger partial charge in [-0.2, -0.15) is 0 Å². The van der Waals surface area contributed by atoms with Gasteiger partial charge in [0.25, 0.3) is 11.8 Å². The molecular weight excluding hydrogens is 874 g/mol. The second-order valence-corrected chi connectivity index (χ2v) is 17.6. The zero-order valence-electron chi connectivity index (χ0n) is 36.0. The summed E-state index contributed by atoms with van der Waals surface area (Å²) in [4.78, 5) is 54.7. The van der Waals surface area contributed by atoms with E-state index >= 15 is 0 Å². The normalized spacial score (nSPS) is 18.8. The van der Waals surface area contributed by atoms with E-state index in [0.29, 0.717) is 50.4 Å². The Kier molecular flexibility index (Phi) is 13.3.